The fourth-order valence-electron chi connectivity index (χ4n) is 4.22. The van der Waals surface area contributed by atoms with Crippen LogP contribution in [0.2, 0.25) is 0 Å². The van der Waals surface area contributed by atoms with Crippen LogP contribution in [0.5, 0.6) is 11.5 Å². The van der Waals surface area contributed by atoms with Crippen LogP contribution in [-0.4, -0.2) is 75.4 Å². The van der Waals surface area contributed by atoms with Crippen molar-refractivity contribution in [3.05, 3.63) is 47.5 Å². The monoisotopic (exact) mass is 626 g/mol. The molecule has 0 radical (unpaired) electrons. The third-order valence-electron chi connectivity index (χ3n) is 6.42. The van der Waals surface area contributed by atoms with Gasteiger partial charge in [0, 0.05) is 30.5 Å². The molecule has 0 fully saturated rings. The molecule has 2 aromatic rings. The zero-order valence-corrected chi connectivity index (χ0v) is 25.6. The van der Waals surface area contributed by atoms with E-state index in [1.54, 1.807) is 18.2 Å². The molecular weight excluding hydrogens is 584 g/mol. The van der Waals surface area contributed by atoms with E-state index in [1.807, 2.05) is 6.92 Å². The van der Waals surface area contributed by atoms with Crippen LogP contribution in [-0.2, 0) is 9.59 Å². The first kappa shape index (κ1) is 35.7. The van der Waals surface area contributed by atoms with E-state index in [0.717, 1.165) is 0 Å². The molecule has 4 amide bonds. The molecule has 0 unspecified atom stereocenters. The van der Waals surface area contributed by atoms with E-state index in [4.69, 9.17) is 32.4 Å². The highest BCUT2D eigenvalue weighted by molar-refractivity contribution is 6.04. The molecule has 0 aromatic heterocycles. The van der Waals surface area contributed by atoms with E-state index in [9.17, 15) is 19.2 Å². The number of guanidine groups is 2. The molecule has 2 atom stereocenters. The molecule has 244 valence electrons. The molecule has 2 aromatic carbocycles. The predicted molar refractivity (Wildman–Crippen MR) is 172 cm³/mol. The average Bonchev–Trinajstić information content (AvgIpc) is 3.00. The van der Waals surface area contributed by atoms with E-state index in [0.29, 0.717) is 49.3 Å². The Kier molecular flexibility index (Phi) is 14.4. The highest BCUT2D eigenvalue weighted by Crippen LogP contribution is 2.25. The summed E-state index contributed by atoms with van der Waals surface area (Å²) in [5, 5.41) is 10.9. The van der Waals surface area contributed by atoms with Gasteiger partial charge in [0.15, 0.2) is 11.9 Å². The summed E-state index contributed by atoms with van der Waals surface area (Å²) < 4.78 is 10.7. The average molecular weight is 627 g/mol. The fraction of sp³-hybridized carbons (Fsp3) is 0.379. The minimum absolute atomic E-state index is 0.00618. The van der Waals surface area contributed by atoms with Gasteiger partial charge in [-0.25, -0.2) is 0 Å². The number of benzene rings is 2. The van der Waals surface area contributed by atoms with Crippen LogP contribution in [0.3, 0.4) is 0 Å². The summed E-state index contributed by atoms with van der Waals surface area (Å²) >= 11 is 0. The quantitative estimate of drug-likeness (QED) is 0.0483. The standard InChI is InChI=1S/C29H42N10O6/c1-17(6-4-12-34-28(30)31)37-25(41)21-15-19(9-11-24(21)45-3)38-27(43)22(7-5-13-35-29(32)33)39-26(42)20-14-18(36-16-40)8-10-23(20)44-2/h8-11,14-17,22H,4-7,12-13H2,1-3H3,(H,36,40)(H,37,41)(H,38,43)(H,39,42)(H4,30,31,34)(H4,32,33,35)/t17-,22+/m1/s1. The second-order valence-electron chi connectivity index (χ2n) is 9.88. The van der Waals surface area contributed by atoms with Gasteiger partial charge in [0.2, 0.25) is 12.3 Å². The van der Waals surface area contributed by atoms with E-state index in [2.05, 4.69) is 31.3 Å². The number of nitrogens with one attached hydrogen (secondary N) is 4. The van der Waals surface area contributed by atoms with E-state index >= 15 is 0 Å². The van der Waals surface area contributed by atoms with Crippen molar-refractivity contribution in [2.24, 2.45) is 32.9 Å². The van der Waals surface area contributed by atoms with Gasteiger partial charge in [0.05, 0.1) is 25.3 Å². The summed E-state index contributed by atoms with van der Waals surface area (Å²) in [5.74, 6) is -1.14. The largest absolute Gasteiger partial charge is 0.496 e. The van der Waals surface area contributed by atoms with Gasteiger partial charge in [-0.2, -0.15) is 0 Å². The second kappa shape index (κ2) is 18.2. The molecule has 0 heterocycles. The van der Waals surface area contributed by atoms with Gasteiger partial charge >= 0.3 is 0 Å². The topological polar surface area (TPSA) is 264 Å². The molecule has 2 rings (SSSR count). The summed E-state index contributed by atoms with van der Waals surface area (Å²) in [6.45, 7) is 2.51. The number of amides is 4. The first-order chi connectivity index (χ1) is 21.5. The number of anilines is 2. The zero-order valence-electron chi connectivity index (χ0n) is 25.6. The van der Waals surface area contributed by atoms with Crippen LogP contribution in [0.1, 0.15) is 53.3 Å². The van der Waals surface area contributed by atoms with Crippen LogP contribution in [0, 0.1) is 0 Å². The van der Waals surface area contributed by atoms with Crippen LogP contribution >= 0.6 is 0 Å². The summed E-state index contributed by atoms with van der Waals surface area (Å²) in [4.78, 5) is 58.7. The van der Waals surface area contributed by atoms with Crippen LogP contribution < -0.4 is 53.7 Å². The lowest BCUT2D eigenvalue weighted by atomic mass is 10.1. The Morgan fingerprint density at radius 2 is 1.31 bits per heavy atom. The molecule has 0 saturated heterocycles. The number of carbonyl (C=O) groups excluding carboxylic acids is 4. The normalized spacial score (nSPS) is 11.6. The van der Waals surface area contributed by atoms with Gasteiger partial charge in [-0.15, -0.1) is 0 Å². The number of nitrogens with two attached hydrogens (primary N) is 4. The Hall–Kier alpha value is -5.54. The summed E-state index contributed by atoms with van der Waals surface area (Å²) in [6.07, 6.45) is 2.29. The van der Waals surface area contributed by atoms with Gasteiger partial charge in [0.1, 0.15) is 17.5 Å². The first-order valence-electron chi connectivity index (χ1n) is 14.1. The smallest absolute Gasteiger partial charge is 0.255 e. The zero-order chi connectivity index (χ0) is 33.4. The van der Waals surface area contributed by atoms with Crippen LogP contribution in [0.4, 0.5) is 11.4 Å². The highest BCUT2D eigenvalue weighted by atomic mass is 16.5. The molecule has 16 heteroatoms. The number of nitrogens with zero attached hydrogens (tertiary/aromatic N) is 2. The molecule has 0 aliphatic heterocycles. The van der Waals surface area contributed by atoms with Crippen LogP contribution in [0.15, 0.2) is 46.4 Å². The maximum atomic E-state index is 13.5. The van der Waals surface area contributed by atoms with Crippen molar-refractivity contribution in [1.29, 1.82) is 0 Å². The Morgan fingerprint density at radius 3 is 1.84 bits per heavy atom. The molecule has 0 aliphatic carbocycles. The number of methoxy groups -OCH3 is 2. The lowest BCUT2D eigenvalue weighted by Gasteiger charge is -2.20. The number of hydrogen-bond acceptors (Lipinski definition) is 8. The van der Waals surface area contributed by atoms with Crippen LogP contribution in [0.25, 0.3) is 0 Å². The highest BCUT2D eigenvalue weighted by Gasteiger charge is 2.24. The van der Waals surface area contributed by atoms with Gasteiger partial charge < -0.3 is 53.7 Å². The molecule has 0 saturated carbocycles. The Bertz CT molecular complexity index is 1390. The second-order valence-corrected chi connectivity index (χ2v) is 9.88. The van der Waals surface area contributed by atoms with E-state index in [1.165, 1.54) is 32.4 Å². The summed E-state index contributed by atoms with van der Waals surface area (Å²) in [6, 6.07) is 7.87. The molecule has 0 spiro atoms. The lowest BCUT2D eigenvalue weighted by Crippen LogP contribution is -2.44. The van der Waals surface area contributed by atoms with E-state index < -0.39 is 23.8 Å². The third kappa shape index (κ3) is 11.9. The Labute approximate surface area is 261 Å². The molecule has 12 N–H and O–H groups in total. The summed E-state index contributed by atoms with van der Waals surface area (Å²) in [7, 11) is 2.82. The molecule has 0 bridgehead atoms. The van der Waals surface area contributed by atoms with Crippen molar-refractivity contribution in [2.45, 2.75) is 44.7 Å². The number of hydrogen-bond donors (Lipinski definition) is 8. The number of carbonyl (C=O) groups is 4. The number of ether oxygens (including phenoxy) is 2. The van der Waals surface area contributed by atoms with Crippen molar-refractivity contribution >= 4 is 47.4 Å². The maximum Gasteiger partial charge on any atom is 0.255 e. The number of aliphatic imine (C=N–C) groups is 2. The van der Waals surface area contributed by atoms with Crippen molar-refractivity contribution in [2.75, 3.05) is 37.9 Å². The molecule has 16 nitrogen and oxygen atoms in total. The SMILES string of the molecule is COc1ccc(NC(=O)[C@H](CCCN=C(N)N)NC(=O)c2cc(NC=O)ccc2OC)cc1C(=O)N[C@H](C)CCCN=C(N)N. The fourth-order valence-corrected chi connectivity index (χ4v) is 4.22. The lowest BCUT2D eigenvalue weighted by molar-refractivity contribution is -0.118. The molecule has 45 heavy (non-hydrogen) atoms. The molecule has 0 aliphatic rings. The van der Waals surface area contributed by atoms with Crippen molar-refractivity contribution < 1.29 is 28.7 Å². The van der Waals surface area contributed by atoms with Crippen molar-refractivity contribution in [1.82, 2.24) is 10.6 Å². The molecular formula is C29H42N10O6. The van der Waals surface area contributed by atoms with Crippen molar-refractivity contribution in [3.8, 4) is 11.5 Å². The number of rotatable bonds is 18. The predicted octanol–water partition coefficient (Wildman–Crippen LogP) is 0.235. The van der Waals surface area contributed by atoms with Gasteiger partial charge in [-0.05, 0) is 69.0 Å². The van der Waals surface area contributed by atoms with Gasteiger partial charge in [-0.1, -0.05) is 0 Å². The summed E-state index contributed by atoms with van der Waals surface area (Å²) in [5.41, 5.74) is 22.5. The maximum absolute atomic E-state index is 13.5. The minimum atomic E-state index is -1.04. The van der Waals surface area contributed by atoms with Crippen molar-refractivity contribution in [3.63, 3.8) is 0 Å². The Balaban J connectivity index is 2.25. The Morgan fingerprint density at radius 1 is 0.800 bits per heavy atom. The minimum Gasteiger partial charge on any atom is -0.496 e. The van der Waals surface area contributed by atoms with E-state index in [-0.39, 0.29) is 47.8 Å². The first-order valence-corrected chi connectivity index (χ1v) is 14.1. The van der Waals surface area contributed by atoms with Gasteiger partial charge in [-0.3, -0.25) is 29.2 Å². The third-order valence-corrected chi connectivity index (χ3v) is 6.42. The van der Waals surface area contributed by atoms with Gasteiger partial charge in [0.25, 0.3) is 11.8 Å².